The van der Waals surface area contributed by atoms with E-state index in [4.69, 9.17) is 15.1 Å². The lowest BCUT2D eigenvalue weighted by molar-refractivity contribution is 0.480. The number of thiol groups is 1. The van der Waals surface area contributed by atoms with Gasteiger partial charge in [0.25, 0.3) is 10.1 Å². The van der Waals surface area contributed by atoms with E-state index in [1.165, 1.54) is 18.2 Å². The first-order valence-corrected chi connectivity index (χ1v) is 8.17. The van der Waals surface area contributed by atoms with Crippen LogP contribution in [0.3, 0.4) is 0 Å². The molecule has 0 aromatic heterocycles. The zero-order valence-corrected chi connectivity index (χ0v) is 11.8. The third-order valence-corrected chi connectivity index (χ3v) is 4.39. The van der Waals surface area contributed by atoms with Crippen LogP contribution in [0.5, 0.6) is 0 Å². The highest BCUT2D eigenvalue weighted by molar-refractivity contribution is 7.85. The second-order valence-electron chi connectivity index (χ2n) is 3.90. The first-order valence-electron chi connectivity index (χ1n) is 5.31. The topological polar surface area (TPSA) is 136 Å². The van der Waals surface area contributed by atoms with Crippen molar-refractivity contribution in [2.45, 2.75) is 11.7 Å². The SMILES string of the molecule is N#Cc1ccc(C(CCS(=O)(=O)O)[SH](=O)=O)cc1C#N. The summed E-state index contributed by atoms with van der Waals surface area (Å²) < 4.78 is 52.4. The number of nitriles is 2. The van der Waals surface area contributed by atoms with E-state index >= 15 is 0 Å². The summed E-state index contributed by atoms with van der Waals surface area (Å²) >= 11 is 0. The number of hydrogen-bond acceptors (Lipinski definition) is 6. The third kappa shape index (κ3) is 4.31. The molecule has 1 aromatic carbocycles. The van der Waals surface area contributed by atoms with Gasteiger partial charge in [-0.15, -0.1) is 0 Å². The molecule has 1 unspecified atom stereocenters. The monoisotopic (exact) mass is 314 g/mol. The van der Waals surface area contributed by atoms with Gasteiger partial charge >= 0.3 is 0 Å². The lowest BCUT2D eigenvalue weighted by Crippen LogP contribution is -2.10. The molecule has 1 aromatic rings. The average Bonchev–Trinajstić information content (AvgIpc) is 2.36. The van der Waals surface area contributed by atoms with Crippen LogP contribution in [0, 0.1) is 22.7 Å². The van der Waals surface area contributed by atoms with Crippen LogP contribution in [0.4, 0.5) is 0 Å². The molecule has 1 N–H and O–H groups in total. The van der Waals surface area contributed by atoms with Crippen LogP contribution in [0.2, 0.25) is 0 Å². The molecule has 20 heavy (non-hydrogen) atoms. The quantitative estimate of drug-likeness (QED) is 0.591. The fourth-order valence-corrected chi connectivity index (χ4v) is 3.07. The van der Waals surface area contributed by atoms with E-state index in [9.17, 15) is 16.8 Å². The van der Waals surface area contributed by atoms with Crippen LogP contribution in [-0.4, -0.2) is 27.1 Å². The Bertz CT molecular complexity index is 761. The van der Waals surface area contributed by atoms with Crippen molar-refractivity contribution in [1.82, 2.24) is 0 Å². The molecule has 0 saturated heterocycles. The van der Waals surface area contributed by atoms with Crippen molar-refractivity contribution >= 4 is 20.8 Å². The Morgan fingerprint density at radius 3 is 2.25 bits per heavy atom. The molecule has 0 aliphatic rings. The molecular formula is C11H10N2O5S2. The molecule has 0 heterocycles. The van der Waals surface area contributed by atoms with Gasteiger partial charge in [-0.2, -0.15) is 18.9 Å². The molecule has 7 nitrogen and oxygen atoms in total. The first kappa shape index (κ1) is 16.1. The summed E-state index contributed by atoms with van der Waals surface area (Å²) in [6, 6.07) is 7.43. The third-order valence-electron chi connectivity index (χ3n) is 2.57. The second-order valence-corrected chi connectivity index (χ2v) is 6.67. The van der Waals surface area contributed by atoms with Gasteiger partial charge in [-0.05, 0) is 24.1 Å². The second kappa shape index (κ2) is 6.48. The molecule has 0 aliphatic heterocycles. The molecule has 0 spiro atoms. The van der Waals surface area contributed by atoms with Crippen LogP contribution >= 0.6 is 0 Å². The van der Waals surface area contributed by atoms with E-state index in [0.717, 1.165) is 0 Å². The van der Waals surface area contributed by atoms with Gasteiger partial charge in [-0.25, -0.2) is 8.42 Å². The lowest BCUT2D eigenvalue weighted by Gasteiger charge is -2.10. The minimum absolute atomic E-state index is 0.0127. The number of nitrogens with zero attached hydrogens (tertiary/aromatic N) is 2. The van der Waals surface area contributed by atoms with Crippen LogP contribution in [0.1, 0.15) is 28.4 Å². The van der Waals surface area contributed by atoms with Crippen molar-refractivity contribution in [2.24, 2.45) is 0 Å². The van der Waals surface area contributed by atoms with E-state index in [0.29, 0.717) is 0 Å². The summed E-state index contributed by atoms with van der Waals surface area (Å²) in [6.07, 6.45) is -0.325. The van der Waals surface area contributed by atoms with E-state index in [1.807, 2.05) is 0 Å². The predicted molar refractivity (Wildman–Crippen MR) is 70.0 cm³/mol. The summed E-state index contributed by atoms with van der Waals surface area (Å²) in [7, 11) is -7.27. The zero-order valence-electron chi connectivity index (χ0n) is 10.1. The molecule has 1 atom stereocenters. The van der Waals surface area contributed by atoms with Gasteiger partial charge in [0.05, 0.1) is 22.1 Å². The summed E-state index contributed by atoms with van der Waals surface area (Å²) in [4.78, 5) is 0. The molecule has 1 rings (SSSR count). The Labute approximate surface area is 117 Å². The van der Waals surface area contributed by atoms with Crippen molar-refractivity contribution in [3.05, 3.63) is 34.9 Å². The van der Waals surface area contributed by atoms with Crippen LogP contribution in [0.15, 0.2) is 18.2 Å². The Morgan fingerprint density at radius 2 is 1.80 bits per heavy atom. The van der Waals surface area contributed by atoms with Crippen molar-refractivity contribution in [1.29, 1.82) is 10.5 Å². The Balaban J connectivity index is 3.18. The van der Waals surface area contributed by atoms with E-state index in [-0.39, 0.29) is 23.1 Å². The minimum atomic E-state index is -4.27. The standard InChI is InChI=1S/C11H10N2O5S2/c12-6-9-2-1-8(5-10(9)7-13)11(19(14)15)3-4-20(16,17)18/h1-2,5,11,19H,3-4H2,(H,16,17,18). The number of hydrogen-bond donors (Lipinski definition) is 2. The van der Waals surface area contributed by atoms with E-state index in [2.05, 4.69) is 0 Å². The smallest absolute Gasteiger partial charge is 0.264 e. The highest BCUT2D eigenvalue weighted by atomic mass is 32.2. The molecule has 9 heteroatoms. The Kier molecular flexibility index (Phi) is 5.22. The Hall–Kier alpha value is -1.94. The zero-order chi connectivity index (χ0) is 15.3. The van der Waals surface area contributed by atoms with Crippen LogP contribution in [0.25, 0.3) is 0 Å². The summed E-state index contributed by atoms with van der Waals surface area (Å²) in [5.41, 5.74) is 0.324. The van der Waals surface area contributed by atoms with Crippen LogP contribution in [-0.2, 0) is 20.8 Å². The maximum absolute atomic E-state index is 11.2. The molecule has 0 saturated carbocycles. The normalized spacial score (nSPS) is 12.6. The predicted octanol–water partition coefficient (Wildman–Crippen LogP) is 0.360. The summed E-state index contributed by atoms with van der Waals surface area (Å²) in [5, 5.41) is 16.5. The van der Waals surface area contributed by atoms with Crippen molar-refractivity contribution < 1.29 is 21.4 Å². The summed E-state index contributed by atoms with van der Waals surface area (Å²) in [5.74, 6) is -0.705. The molecule has 0 fully saturated rings. The van der Waals surface area contributed by atoms with Gasteiger partial charge in [0, 0.05) is 0 Å². The molecule has 106 valence electrons. The molecule has 0 aliphatic carbocycles. The molecular weight excluding hydrogens is 304 g/mol. The number of benzene rings is 1. The van der Waals surface area contributed by atoms with Gasteiger partial charge in [0.1, 0.15) is 22.8 Å². The van der Waals surface area contributed by atoms with Crippen LogP contribution < -0.4 is 0 Å². The molecule has 0 amide bonds. The molecule has 0 bridgehead atoms. The largest absolute Gasteiger partial charge is 0.286 e. The highest BCUT2D eigenvalue weighted by Gasteiger charge is 2.19. The first-order chi connectivity index (χ1) is 9.28. The fraction of sp³-hybridized carbons (Fsp3) is 0.273. The van der Waals surface area contributed by atoms with Crippen molar-refractivity contribution in [3.63, 3.8) is 0 Å². The van der Waals surface area contributed by atoms with Gasteiger partial charge < -0.3 is 0 Å². The number of rotatable bonds is 5. The van der Waals surface area contributed by atoms with Gasteiger partial charge in [-0.3, -0.25) is 4.55 Å². The fourth-order valence-electron chi connectivity index (χ4n) is 1.61. The Morgan fingerprint density at radius 1 is 1.20 bits per heavy atom. The maximum atomic E-state index is 11.2. The van der Waals surface area contributed by atoms with Gasteiger partial charge in [-0.1, -0.05) is 6.07 Å². The molecule has 0 radical (unpaired) electrons. The maximum Gasteiger partial charge on any atom is 0.264 e. The minimum Gasteiger partial charge on any atom is -0.286 e. The average molecular weight is 314 g/mol. The lowest BCUT2D eigenvalue weighted by atomic mass is 10.0. The highest BCUT2D eigenvalue weighted by Crippen LogP contribution is 2.23. The van der Waals surface area contributed by atoms with Crippen molar-refractivity contribution in [2.75, 3.05) is 5.75 Å². The summed E-state index contributed by atoms with van der Waals surface area (Å²) in [6.45, 7) is 0. The van der Waals surface area contributed by atoms with Gasteiger partial charge in [0.2, 0.25) is 0 Å². The van der Waals surface area contributed by atoms with E-state index < -0.39 is 31.8 Å². The van der Waals surface area contributed by atoms with E-state index in [1.54, 1.807) is 12.1 Å². The van der Waals surface area contributed by atoms with Gasteiger partial charge in [0.15, 0.2) is 0 Å². The van der Waals surface area contributed by atoms with Crippen molar-refractivity contribution in [3.8, 4) is 12.1 Å².